The Bertz CT molecular complexity index is 606. The number of hydrogen-bond acceptors (Lipinski definition) is 4. The quantitative estimate of drug-likeness (QED) is 0.646. The minimum atomic E-state index is -0.208. The molecule has 2 rings (SSSR count). The summed E-state index contributed by atoms with van der Waals surface area (Å²) in [5.41, 5.74) is 1.38. The Hall–Kier alpha value is -1.89. The molecule has 2 heterocycles. The Kier molecular flexibility index (Phi) is 8.09. The van der Waals surface area contributed by atoms with E-state index in [0.29, 0.717) is 24.7 Å². The van der Waals surface area contributed by atoms with Gasteiger partial charge in [-0.1, -0.05) is 13.8 Å². The second-order valence-corrected chi connectivity index (χ2v) is 6.73. The summed E-state index contributed by atoms with van der Waals surface area (Å²) in [5.74, 6) is 0.118. The summed E-state index contributed by atoms with van der Waals surface area (Å²) in [6.07, 6.45) is 5.42. The fourth-order valence-electron chi connectivity index (χ4n) is 3.39. The van der Waals surface area contributed by atoms with Gasteiger partial charge in [0.05, 0.1) is 5.69 Å². The molecule has 26 heavy (non-hydrogen) atoms. The topological polar surface area (TPSA) is 76.5 Å². The van der Waals surface area contributed by atoms with E-state index in [1.807, 2.05) is 9.47 Å². The number of imidazole rings is 1. The predicted molar refractivity (Wildman–Crippen MR) is 100 cm³/mol. The number of hydrogen-bond donors (Lipinski definition) is 1. The molecule has 1 N–H and O–H groups in total. The number of carbonyl (C=O) groups is 2. The van der Waals surface area contributed by atoms with Gasteiger partial charge in [-0.15, -0.1) is 0 Å². The molecule has 7 nitrogen and oxygen atoms in total. The third-order valence-electron chi connectivity index (χ3n) is 4.61. The van der Waals surface area contributed by atoms with Crippen LogP contribution in [0.25, 0.3) is 0 Å². The maximum Gasteiger partial charge on any atom is 0.287 e. The monoisotopic (exact) mass is 364 g/mol. The van der Waals surface area contributed by atoms with Gasteiger partial charge in [0.2, 0.25) is 0 Å². The zero-order valence-electron chi connectivity index (χ0n) is 16.3. The minimum absolute atomic E-state index is 0.0437. The van der Waals surface area contributed by atoms with Gasteiger partial charge in [0.25, 0.3) is 11.8 Å². The highest BCUT2D eigenvalue weighted by Crippen LogP contribution is 2.22. The van der Waals surface area contributed by atoms with Gasteiger partial charge in [0.15, 0.2) is 5.82 Å². The van der Waals surface area contributed by atoms with Gasteiger partial charge in [-0.05, 0) is 38.5 Å². The van der Waals surface area contributed by atoms with E-state index in [1.165, 1.54) is 0 Å². The highest BCUT2D eigenvalue weighted by Gasteiger charge is 2.29. The van der Waals surface area contributed by atoms with Crippen molar-refractivity contribution in [3.63, 3.8) is 0 Å². The van der Waals surface area contributed by atoms with Crippen molar-refractivity contribution in [3.8, 4) is 0 Å². The lowest BCUT2D eigenvalue weighted by molar-refractivity contribution is 0.0748. The lowest BCUT2D eigenvalue weighted by Crippen LogP contribution is -2.33. The van der Waals surface area contributed by atoms with Gasteiger partial charge < -0.3 is 19.5 Å². The zero-order chi connectivity index (χ0) is 18.9. The van der Waals surface area contributed by atoms with Crippen LogP contribution in [-0.2, 0) is 17.7 Å². The molecule has 7 heteroatoms. The van der Waals surface area contributed by atoms with Gasteiger partial charge in [-0.2, -0.15) is 0 Å². The second kappa shape index (κ2) is 10.3. The minimum Gasteiger partial charge on any atom is -0.385 e. The van der Waals surface area contributed by atoms with Crippen LogP contribution in [0, 0.1) is 0 Å². The number of nitrogens with zero attached hydrogens (tertiary/aromatic N) is 3. The van der Waals surface area contributed by atoms with Crippen molar-refractivity contribution in [2.24, 2.45) is 0 Å². The van der Waals surface area contributed by atoms with Gasteiger partial charge in [0.1, 0.15) is 5.69 Å². The summed E-state index contributed by atoms with van der Waals surface area (Å²) < 4.78 is 6.95. The van der Waals surface area contributed by atoms with E-state index in [1.54, 1.807) is 7.11 Å². The summed E-state index contributed by atoms with van der Waals surface area (Å²) in [7, 11) is 1.64. The molecule has 0 saturated heterocycles. The predicted octanol–water partition coefficient (Wildman–Crippen LogP) is 2.25. The third kappa shape index (κ3) is 4.84. The second-order valence-electron chi connectivity index (χ2n) is 6.73. The molecule has 2 amide bonds. The van der Waals surface area contributed by atoms with Crippen LogP contribution in [-0.4, -0.2) is 59.6 Å². The first-order valence-corrected chi connectivity index (χ1v) is 9.79. The fraction of sp³-hybridized carbons (Fsp3) is 0.737. The van der Waals surface area contributed by atoms with E-state index in [0.717, 1.165) is 63.9 Å². The van der Waals surface area contributed by atoms with Crippen LogP contribution in [0.1, 0.15) is 72.8 Å². The summed E-state index contributed by atoms with van der Waals surface area (Å²) in [5, 5.41) is 2.89. The Labute approximate surface area is 156 Å². The van der Waals surface area contributed by atoms with E-state index in [4.69, 9.17) is 4.74 Å². The number of fused-ring (bicyclic) bond motifs is 1. The maximum absolute atomic E-state index is 13.0. The van der Waals surface area contributed by atoms with E-state index in [9.17, 15) is 9.59 Å². The number of nitrogens with one attached hydrogen (secondary N) is 1. The highest BCUT2D eigenvalue weighted by molar-refractivity contribution is 5.97. The summed E-state index contributed by atoms with van der Waals surface area (Å²) in [6.45, 7) is 7.46. The molecule has 0 radical (unpaired) electrons. The molecule has 1 aromatic heterocycles. The van der Waals surface area contributed by atoms with E-state index >= 15 is 0 Å². The SMILES string of the molecule is CCCN(CCC)C(=O)c1nc(C(=O)NCCCOC)n2c1CCCC2. The lowest BCUT2D eigenvalue weighted by Gasteiger charge is -2.22. The largest absolute Gasteiger partial charge is 0.385 e. The van der Waals surface area contributed by atoms with E-state index < -0.39 is 0 Å². The smallest absolute Gasteiger partial charge is 0.287 e. The Balaban J connectivity index is 2.23. The number of methoxy groups -OCH3 is 1. The summed E-state index contributed by atoms with van der Waals surface area (Å²) in [4.78, 5) is 32.0. The average molecular weight is 364 g/mol. The molecule has 0 unspecified atom stereocenters. The van der Waals surface area contributed by atoms with Crippen LogP contribution in [0.5, 0.6) is 0 Å². The number of amides is 2. The van der Waals surface area contributed by atoms with E-state index in [2.05, 4.69) is 24.1 Å². The van der Waals surface area contributed by atoms with Gasteiger partial charge >= 0.3 is 0 Å². The van der Waals surface area contributed by atoms with Crippen LogP contribution in [0.3, 0.4) is 0 Å². The van der Waals surface area contributed by atoms with Gasteiger partial charge in [0, 0.05) is 39.9 Å². The molecule has 0 aromatic carbocycles. The van der Waals surface area contributed by atoms with Crippen molar-refractivity contribution < 1.29 is 14.3 Å². The first-order valence-electron chi connectivity index (χ1n) is 9.79. The van der Waals surface area contributed by atoms with Crippen molar-refractivity contribution in [1.29, 1.82) is 0 Å². The van der Waals surface area contributed by atoms with Gasteiger partial charge in [-0.3, -0.25) is 9.59 Å². The molecule has 146 valence electrons. The van der Waals surface area contributed by atoms with Crippen LogP contribution < -0.4 is 5.32 Å². The molecule has 0 spiro atoms. The molecule has 1 aliphatic heterocycles. The first kappa shape index (κ1) is 20.4. The Morgan fingerprint density at radius 3 is 2.62 bits per heavy atom. The average Bonchev–Trinajstić information content (AvgIpc) is 3.04. The van der Waals surface area contributed by atoms with Crippen LogP contribution in [0.15, 0.2) is 0 Å². The number of carbonyl (C=O) groups excluding carboxylic acids is 2. The Morgan fingerprint density at radius 2 is 1.96 bits per heavy atom. The number of rotatable bonds is 10. The number of aromatic nitrogens is 2. The zero-order valence-corrected chi connectivity index (χ0v) is 16.3. The van der Waals surface area contributed by atoms with Crippen molar-refractivity contribution in [2.75, 3.05) is 33.4 Å². The van der Waals surface area contributed by atoms with Crippen molar-refractivity contribution in [1.82, 2.24) is 19.8 Å². The molecule has 0 fully saturated rings. The molecule has 0 saturated carbocycles. The molecule has 0 aliphatic carbocycles. The standard InChI is InChI=1S/C19H32N4O3/c1-4-11-22(12-5-2)19(25)16-15-9-6-7-13-23(15)17(21-16)18(24)20-10-8-14-26-3/h4-14H2,1-3H3,(H,20,24). The summed E-state index contributed by atoms with van der Waals surface area (Å²) >= 11 is 0. The van der Waals surface area contributed by atoms with Crippen molar-refractivity contribution >= 4 is 11.8 Å². The molecule has 0 bridgehead atoms. The molecule has 0 atom stereocenters. The van der Waals surface area contributed by atoms with Crippen LogP contribution in [0.2, 0.25) is 0 Å². The fourth-order valence-corrected chi connectivity index (χ4v) is 3.39. The van der Waals surface area contributed by atoms with Crippen LogP contribution in [0.4, 0.5) is 0 Å². The lowest BCUT2D eigenvalue weighted by atomic mass is 10.1. The maximum atomic E-state index is 13.0. The highest BCUT2D eigenvalue weighted by atomic mass is 16.5. The first-order chi connectivity index (χ1) is 12.6. The molecule has 1 aromatic rings. The van der Waals surface area contributed by atoms with Crippen molar-refractivity contribution in [3.05, 3.63) is 17.2 Å². The third-order valence-corrected chi connectivity index (χ3v) is 4.61. The molecule has 1 aliphatic rings. The van der Waals surface area contributed by atoms with Crippen molar-refractivity contribution in [2.45, 2.75) is 58.9 Å². The van der Waals surface area contributed by atoms with E-state index in [-0.39, 0.29) is 11.8 Å². The number of ether oxygens (including phenoxy) is 1. The van der Waals surface area contributed by atoms with Gasteiger partial charge in [-0.25, -0.2) is 4.98 Å². The molecular weight excluding hydrogens is 332 g/mol. The summed E-state index contributed by atoms with van der Waals surface area (Å²) in [6, 6.07) is 0. The normalized spacial score (nSPS) is 13.3. The Morgan fingerprint density at radius 1 is 1.23 bits per heavy atom. The molecular formula is C19H32N4O3. The van der Waals surface area contributed by atoms with Crippen LogP contribution >= 0.6 is 0 Å².